The maximum absolute atomic E-state index is 11.6. The van der Waals surface area contributed by atoms with Crippen molar-refractivity contribution in [2.75, 3.05) is 5.32 Å². The minimum absolute atomic E-state index is 0.142. The van der Waals surface area contributed by atoms with Crippen LogP contribution in [0.1, 0.15) is 18.9 Å². The van der Waals surface area contributed by atoms with Crippen LogP contribution in [0.5, 0.6) is 0 Å². The molecule has 0 unspecified atom stereocenters. The largest absolute Gasteiger partial charge is 0.326 e. The van der Waals surface area contributed by atoms with Gasteiger partial charge in [0.25, 0.3) is 0 Å². The van der Waals surface area contributed by atoms with Gasteiger partial charge in [-0.2, -0.15) is 0 Å². The quantitative estimate of drug-likeness (QED) is 0.788. The Morgan fingerprint density at radius 3 is 2.53 bits per heavy atom. The molecule has 0 radical (unpaired) electrons. The van der Waals surface area contributed by atoms with Crippen LogP contribution in [0.2, 0.25) is 0 Å². The van der Waals surface area contributed by atoms with Crippen molar-refractivity contribution in [1.82, 2.24) is 0 Å². The number of hydrogen-bond donors (Lipinski definition) is 2. The molecule has 3 N–H and O–H groups in total. The third-order valence-electron chi connectivity index (χ3n) is 2.90. The first-order valence-electron chi connectivity index (χ1n) is 5.30. The molecule has 3 nitrogen and oxygen atoms in total. The zero-order valence-corrected chi connectivity index (χ0v) is 8.86. The van der Waals surface area contributed by atoms with Crippen LogP contribution in [0.3, 0.4) is 0 Å². The maximum Gasteiger partial charge on any atom is 0.227 e. The molecular formula is C12H16N2O. The van der Waals surface area contributed by atoms with Crippen molar-refractivity contribution in [3.05, 3.63) is 29.8 Å². The van der Waals surface area contributed by atoms with Crippen molar-refractivity contribution < 1.29 is 4.79 Å². The summed E-state index contributed by atoms with van der Waals surface area (Å²) in [7, 11) is 0. The summed E-state index contributed by atoms with van der Waals surface area (Å²) in [6, 6.07) is 7.66. The van der Waals surface area contributed by atoms with Crippen LogP contribution >= 0.6 is 0 Å². The highest BCUT2D eigenvalue weighted by molar-refractivity contribution is 5.94. The van der Waals surface area contributed by atoms with E-state index in [-0.39, 0.29) is 11.8 Å². The van der Waals surface area contributed by atoms with Gasteiger partial charge in [-0.25, -0.2) is 0 Å². The molecule has 1 aromatic carbocycles. The highest BCUT2D eigenvalue weighted by atomic mass is 16.2. The molecule has 0 aromatic heterocycles. The van der Waals surface area contributed by atoms with Crippen molar-refractivity contribution in [2.24, 2.45) is 17.6 Å². The topological polar surface area (TPSA) is 55.1 Å². The lowest BCUT2D eigenvalue weighted by atomic mass is 10.2. The highest BCUT2D eigenvalue weighted by Gasteiger charge is 2.38. The number of nitrogens with one attached hydrogen (secondary N) is 1. The second-order valence-corrected chi connectivity index (χ2v) is 4.21. The number of rotatable bonds is 3. The van der Waals surface area contributed by atoms with Gasteiger partial charge in [-0.05, 0) is 30.0 Å². The molecule has 2 atom stereocenters. The van der Waals surface area contributed by atoms with Gasteiger partial charge in [-0.15, -0.1) is 0 Å². The minimum Gasteiger partial charge on any atom is -0.326 e. The van der Waals surface area contributed by atoms with Crippen LogP contribution < -0.4 is 11.1 Å². The smallest absolute Gasteiger partial charge is 0.227 e. The minimum atomic E-state index is 0.142. The van der Waals surface area contributed by atoms with Crippen molar-refractivity contribution in [3.63, 3.8) is 0 Å². The number of benzene rings is 1. The van der Waals surface area contributed by atoms with E-state index in [0.29, 0.717) is 12.5 Å². The van der Waals surface area contributed by atoms with Gasteiger partial charge in [0.2, 0.25) is 5.91 Å². The number of anilines is 1. The number of carbonyl (C=O) groups excluding carboxylic acids is 1. The average Bonchev–Trinajstić information content (AvgIpc) is 2.97. The van der Waals surface area contributed by atoms with Crippen LogP contribution in [0.4, 0.5) is 5.69 Å². The summed E-state index contributed by atoms with van der Waals surface area (Å²) < 4.78 is 0. The summed E-state index contributed by atoms with van der Waals surface area (Å²) in [4.78, 5) is 11.6. The first-order chi connectivity index (χ1) is 7.20. The van der Waals surface area contributed by atoms with Crippen molar-refractivity contribution in [2.45, 2.75) is 19.9 Å². The van der Waals surface area contributed by atoms with Crippen LogP contribution in [0.25, 0.3) is 0 Å². The number of amides is 1. The van der Waals surface area contributed by atoms with Gasteiger partial charge in [0.15, 0.2) is 0 Å². The molecule has 80 valence electrons. The Hall–Kier alpha value is -1.35. The van der Waals surface area contributed by atoms with Gasteiger partial charge in [-0.3, -0.25) is 4.79 Å². The molecule has 1 aliphatic rings. The van der Waals surface area contributed by atoms with Crippen LogP contribution in [0, 0.1) is 11.8 Å². The van der Waals surface area contributed by atoms with Gasteiger partial charge >= 0.3 is 0 Å². The standard InChI is InChI=1S/C12H16N2O/c1-8-6-11(8)12(15)14-10-4-2-9(7-13)3-5-10/h2-5,8,11H,6-7,13H2,1H3,(H,14,15)/t8-,11-/m1/s1. The van der Waals surface area contributed by atoms with Crippen LogP contribution in [0.15, 0.2) is 24.3 Å². The molecule has 2 rings (SSSR count). The summed E-state index contributed by atoms with van der Waals surface area (Å²) in [5, 5.41) is 2.91. The van der Waals surface area contributed by atoms with Gasteiger partial charge in [0, 0.05) is 18.2 Å². The molecular weight excluding hydrogens is 188 g/mol. The zero-order chi connectivity index (χ0) is 10.8. The molecule has 1 saturated carbocycles. The summed E-state index contributed by atoms with van der Waals surface area (Å²) in [5.74, 6) is 0.912. The molecule has 0 aliphatic heterocycles. The number of hydrogen-bond acceptors (Lipinski definition) is 2. The van der Waals surface area contributed by atoms with Gasteiger partial charge in [0.05, 0.1) is 0 Å². The molecule has 1 aromatic rings. The maximum atomic E-state index is 11.6. The fourth-order valence-corrected chi connectivity index (χ4v) is 1.65. The van der Waals surface area contributed by atoms with E-state index in [1.165, 1.54) is 0 Å². The molecule has 0 spiro atoms. The van der Waals surface area contributed by atoms with E-state index < -0.39 is 0 Å². The molecule has 3 heteroatoms. The lowest BCUT2D eigenvalue weighted by Gasteiger charge is -2.05. The van der Waals surface area contributed by atoms with E-state index in [1.807, 2.05) is 24.3 Å². The fourth-order valence-electron chi connectivity index (χ4n) is 1.65. The molecule has 1 amide bonds. The lowest BCUT2D eigenvalue weighted by Crippen LogP contribution is -2.14. The first kappa shape index (κ1) is 10.2. The summed E-state index contributed by atoms with van der Waals surface area (Å²) in [5.41, 5.74) is 7.42. The molecule has 0 bridgehead atoms. The average molecular weight is 204 g/mol. The van der Waals surface area contributed by atoms with Gasteiger partial charge in [0.1, 0.15) is 0 Å². The van der Waals surface area contributed by atoms with E-state index in [4.69, 9.17) is 5.73 Å². The summed E-state index contributed by atoms with van der Waals surface area (Å²) in [6.45, 7) is 2.63. The van der Waals surface area contributed by atoms with Gasteiger partial charge in [-0.1, -0.05) is 19.1 Å². The molecule has 0 heterocycles. The van der Waals surface area contributed by atoms with Crippen LogP contribution in [-0.4, -0.2) is 5.91 Å². The Morgan fingerprint density at radius 2 is 2.07 bits per heavy atom. The van der Waals surface area contributed by atoms with E-state index in [2.05, 4.69) is 12.2 Å². The normalized spacial score (nSPS) is 23.6. The monoisotopic (exact) mass is 204 g/mol. The Bertz CT molecular complexity index is 358. The third-order valence-corrected chi connectivity index (χ3v) is 2.90. The predicted molar refractivity (Wildman–Crippen MR) is 60.2 cm³/mol. The second kappa shape index (κ2) is 4.03. The Balaban J connectivity index is 1.95. The fraction of sp³-hybridized carbons (Fsp3) is 0.417. The Labute approximate surface area is 89.7 Å². The molecule has 1 aliphatic carbocycles. The summed E-state index contributed by atoms with van der Waals surface area (Å²) >= 11 is 0. The Kier molecular flexibility index (Phi) is 2.73. The second-order valence-electron chi connectivity index (χ2n) is 4.21. The third kappa shape index (κ3) is 2.36. The van der Waals surface area contributed by atoms with Gasteiger partial charge < -0.3 is 11.1 Å². The van der Waals surface area contributed by atoms with E-state index in [9.17, 15) is 4.79 Å². The summed E-state index contributed by atoms with van der Waals surface area (Å²) in [6.07, 6.45) is 1.02. The van der Waals surface area contributed by atoms with E-state index >= 15 is 0 Å². The SMILES string of the molecule is C[C@@H]1C[C@H]1C(=O)Nc1ccc(CN)cc1. The van der Waals surface area contributed by atoms with E-state index in [1.54, 1.807) is 0 Å². The first-order valence-corrected chi connectivity index (χ1v) is 5.30. The highest BCUT2D eigenvalue weighted by Crippen LogP contribution is 2.38. The van der Waals surface area contributed by atoms with Crippen molar-refractivity contribution in [1.29, 1.82) is 0 Å². The van der Waals surface area contributed by atoms with Crippen molar-refractivity contribution >= 4 is 11.6 Å². The molecule has 1 fully saturated rings. The lowest BCUT2D eigenvalue weighted by molar-refractivity contribution is -0.117. The number of carbonyl (C=O) groups is 1. The molecule has 15 heavy (non-hydrogen) atoms. The molecule has 0 saturated heterocycles. The predicted octanol–water partition coefficient (Wildman–Crippen LogP) is 1.74. The zero-order valence-electron chi connectivity index (χ0n) is 8.86. The van der Waals surface area contributed by atoms with Crippen molar-refractivity contribution in [3.8, 4) is 0 Å². The number of nitrogens with two attached hydrogens (primary N) is 1. The van der Waals surface area contributed by atoms with E-state index in [0.717, 1.165) is 17.7 Å². The Morgan fingerprint density at radius 1 is 1.47 bits per heavy atom. The van der Waals surface area contributed by atoms with Crippen LogP contribution in [-0.2, 0) is 11.3 Å².